The zero-order chi connectivity index (χ0) is 13.7. The molecule has 7 heteroatoms. The molecule has 1 fully saturated rings. The van der Waals surface area contributed by atoms with Crippen molar-refractivity contribution in [1.82, 2.24) is 9.80 Å². The highest BCUT2D eigenvalue weighted by atomic mass is 16.4. The van der Waals surface area contributed by atoms with E-state index in [4.69, 9.17) is 10.8 Å². The average Bonchev–Trinajstić information content (AvgIpc) is 2.74. The van der Waals surface area contributed by atoms with Gasteiger partial charge in [-0.3, -0.25) is 9.59 Å². The van der Waals surface area contributed by atoms with Crippen molar-refractivity contribution >= 4 is 17.9 Å². The van der Waals surface area contributed by atoms with Crippen LogP contribution in [-0.4, -0.2) is 59.0 Å². The second kappa shape index (κ2) is 6.23. The van der Waals surface area contributed by atoms with Gasteiger partial charge in [-0.15, -0.1) is 0 Å². The minimum absolute atomic E-state index is 0.363. The summed E-state index contributed by atoms with van der Waals surface area (Å²) in [6.07, 6.45) is 1.90. The lowest BCUT2D eigenvalue weighted by Gasteiger charge is -2.25. The first kappa shape index (κ1) is 14.3. The fourth-order valence-electron chi connectivity index (χ4n) is 2.08. The molecule has 0 saturated carbocycles. The van der Waals surface area contributed by atoms with E-state index < -0.39 is 24.5 Å². The van der Waals surface area contributed by atoms with Crippen LogP contribution in [0.1, 0.15) is 19.8 Å². The molecule has 102 valence electrons. The van der Waals surface area contributed by atoms with E-state index in [2.05, 4.69) is 6.92 Å². The summed E-state index contributed by atoms with van der Waals surface area (Å²) in [5.41, 5.74) is 5.01. The van der Waals surface area contributed by atoms with Crippen molar-refractivity contribution in [2.75, 3.05) is 26.2 Å². The molecule has 0 aromatic heterocycles. The summed E-state index contributed by atoms with van der Waals surface area (Å²) in [5.74, 6) is -1.42. The lowest BCUT2D eigenvalue weighted by Crippen LogP contribution is -2.47. The van der Waals surface area contributed by atoms with Gasteiger partial charge in [-0.1, -0.05) is 13.3 Å². The molecule has 18 heavy (non-hydrogen) atoms. The zero-order valence-electron chi connectivity index (χ0n) is 10.5. The van der Waals surface area contributed by atoms with Crippen LogP contribution in [0.4, 0.5) is 4.79 Å². The number of likely N-dealkylation sites (tertiary alicyclic amines) is 1. The third-order valence-electron chi connectivity index (χ3n) is 3.08. The monoisotopic (exact) mass is 257 g/mol. The summed E-state index contributed by atoms with van der Waals surface area (Å²) < 4.78 is 0. The first-order valence-electron chi connectivity index (χ1n) is 5.98. The van der Waals surface area contributed by atoms with Crippen LogP contribution in [0.25, 0.3) is 0 Å². The van der Waals surface area contributed by atoms with Crippen LogP contribution in [0.5, 0.6) is 0 Å². The molecular formula is C11H19N3O4. The predicted molar refractivity (Wildman–Crippen MR) is 63.8 cm³/mol. The van der Waals surface area contributed by atoms with Crippen LogP contribution in [0.3, 0.4) is 0 Å². The van der Waals surface area contributed by atoms with Crippen LogP contribution in [0.15, 0.2) is 0 Å². The summed E-state index contributed by atoms with van der Waals surface area (Å²) in [7, 11) is 0. The number of carbonyl (C=O) groups excluding carboxylic acids is 2. The van der Waals surface area contributed by atoms with Gasteiger partial charge in [0.1, 0.15) is 13.1 Å². The second-order valence-electron chi connectivity index (χ2n) is 4.51. The number of nitrogens with zero attached hydrogens (tertiary/aromatic N) is 2. The van der Waals surface area contributed by atoms with Gasteiger partial charge in [-0.05, 0) is 12.3 Å². The van der Waals surface area contributed by atoms with Crippen molar-refractivity contribution in [1.29, 1.82) is 0 Å². The molecule has 0 bridgehead atoms. The topological polar surface area (TPSA) is 104 Å². The van der Waals surface area contributed by atoms with Crippen molar-refractivity contribution in [3.63, 3.8) is 0 Å². The van der Waals surface area contributed by atoms with E-state index in [1.165, 1.54) is 0 Å². The quantitative estimate of drug-likeness (QED) is 0.706. The number of carbonyl (C=O) groups is 3. The molecule has 0 aromatic carbocycles. The highest BCUT2D eigenvalue weighted by Crippen LogP contribution is 2.20. The molecule has 3 amide bonds. The summed E-state index contributed by atoms with van der Waals surface area (Å²) in [6.45, 7) is 2.40. The fourth-order valence-corrected chi connectivity index (χ4v) is 2.08. The van der Waals surface area contributed by atoms with E-state index in [0.29, 0.717) is 19.0 Å². The van der Waals surface area contributed by atoms with Crippen molar-refractivity contribution in [3.8, 4) is 0 Å². The summed E-state index contributed by atoms with van der Waals surface area (Å²) in [5, 5.41) is 8.72. The minimum Gasteiger partial charge on any atom is -0.480 e. The van der Waals surface area contributed by atoms with Gasteiger partial charge in [0, 0.05) is 13.1 Å². The summed E-state index contributed by atoms with van der Waals surface area (Å²) in [6, 6.07) is -0.424. The SMILES string of the molecule is CCC1CCN(C(=O)N(CC(N)=O)CC(=O)O)C1. The summed E-state index contributed by atoms with van der Waals surface area (Å²) >= 11 is 0. The molecule has 1 saturated heterocycles. The Morgan fingerprint density at radius 3 is 2.50 bits per heavy atom. The Kier molecular flexibility index (Phi) is 4.94. The number of urea groups is 1. The lowest BCUT2D eigenvalue weighted by molar-refractivity contribution is -0.138. The van der Waals surface area contributed by atoms with E-state index in [1.807, 2.05) is 0 Å². The fraction of sp³-hybridized carbons (Fsp3) is 0.727. The molecule has 1 rings (SSSR count). The highest BCUT2D eigenvalue weighted by molar-refractivity contribution is 5.86. The van der Waals surface area contributed by atoms with E-state index in [1.54, 1.807) is 4.90 Å². The van der Waals surface area contributed by atoms with Gasteiger partial charge in [-0.2, -0.15) is 0 Å². The number of rotatable bonds is 5. The number of nitrogens with two attached hydrogens (primary N) is 1. The first-order valence-corrected chi connectivity index (χ1v) is 5.98. The molecule has 1 aliphatic heterocycles. The minimum atomic E-state index is -1.16. The van der Waals surface area contributed by atoms with Crippen LogP contribution >= 0.6 is 0 Å². The number of carboxylic acid groups (broad SMARTS) is 1. The van der Waals surface area contributed by atoms with Gasteiger partial charge in [-0.25, -0.2) is 4.79 Å². The Morgan fingerprint density at radius 2 is 2.06 bits per heavy atom. The molecule has 0 spiro atoms. The molecule has 1 heterocycles. The van der Waals surface area contributed by atoms with Crippen molar-refractivity contribution < 1.29 is 19.5 Å². The summed E-state index contributed by atoms with van der Waals surface area (Å²) in [4.78, 5) is 36.1. The Hall–Kier alpha value is -1.79. The average molecular weight is 257 g/mol. The number of aliphatic carboxylic acids is 1. The third kappa shape index (κ3) is 3.90. The first-order chi connectivity index (χ1) is 8.43. The van der Waals surface area contributed by atoms with E-state index in [9.17, 15) is 14.4 Å². The Balaban J connectivity index is 2.64. The number of amides is 3. The Labute approximate surface area is 106 Å². The maximum Gasteiger partial charge on any atom is 0.323 e. The predicted octanol–water partition coefficient (Wildman–Crippen LogP) is -0.290. The van der Waals surface area contributed by atoms with Gasteiger partial charge < -0.3 is 20.6 Å². The molecule has 7 nitrogen and oxygen atoms in total. The molecule has 1 atom stereocenters. The Morgan fingerprint density at radius 1 is 1.39 bits per heavy atom. The van der Waals surface area contributed by atoms with Gasteiger partial charge in [0.2, 0.25) is 5.91 Å². The maximum absolute atomic E-state index is 12.1. The van der Waals surface area contributed by atoms with E-state index in [-0.39, 0.29) is 6.54 Å². The smallest absolute Gasteiger partial charge is 0.323 e. The zero-order valence-corrected chi connectivity index (χ0v) is 10.5. The molecule has 0 aliphatic carbocycles. The molecule has 0 radical (unpaired) electrons. The van der Waals surface area contributed by atoms with E-state index >= 15 is 0 Å². The van der Waals surface area contributed by atoms with Crippen LogP contribution in [0, 0.1) is 5.92 Å². The van der Waals surface area contributed by atoms with Crippen molar-refractivity contribution in [3.05, 3.63) is 0 Å². The van der Waals surface area contributed by atoms with E-state index in [0.717, 1.165) is 17.7 Å². The lowest BCUT2D eigenvalue weighted by atomic mass is 10.1. The number of hydrogen-bond donors (Lipinski definition) is 2. The standard InChI is InChI=1S/C11H19N3O4/c1-2-8-3-4-13(5-8)11(18)14(6-9(12)15)7-10(16)17/h8H,2-7H2,1H3,(H2,12,15)(H,16,17). The molecule has 1 aliphatic rings. The normalized spacial score (nSPS) is 18.7. The highest BCUT2D eigenvalue weighted by Gasteiger charge is 2.29. The molecular weight excluding hydrogens is 238 g/mol. The van der Waals surface area contributed by atoms with Gasteiger partial charge in [0.05, 0.1) is 0 Å². The van der Waals surface area contributed by atoms with Gasteiger partial charge in [0.25, 0.3) is 0 Å². The maximum atomic E-state index is 12.1. The van der Waals surface area contributed by atoms with Gasteiger partial charge >= 0.3 is 12.0 Å². The van der Waals surface area contributed by atoms with Crippen LogP contribution < -0.4 is 5.73 Å². The molecule has 1 unspecified atom stereocenters. The third-order valence-corrected chi connectivity index (χ3v) is 3.08. The van der Waals surface area contributed by atoms with Crippen LogP contribution in [0.2, 0.25) is 0 Å². The molecule has 0 aromatic rings. The number of primary amides is 1. The van der Waals surface area contributed by atoms with Crippen molar-refractivity contribution in [2.45, 2.75) is 19.8 Å². The van der Waals surface area contributed by atoms with Crippen LogP contribution in [-0.2, 0) is 9.59 Å². The largest absolute Gasteiger partial charge is 0.480 e. The molecule has 3 N–H and O–H groups in total. The van der Waals surface area contributed by atoms with Crippen molar-refractivity contribution in [2.24, 2.45) is 11.7 Å². The van der Waals surface area contributed by atoms with Gasteiger partial charge in [0.15, 0.2) is 0 Å². The number of carboxylic acids is 1. The second-order valence-corrected chi connectivity index (χ2v) is 4.51. The number of hydrogen-bond acceptors (Lipinski definition) is 3. The Bertz CT molecular complexity index is 329.